The fourth-order valence-corrected chi connectivity index (χ4v) is 5.20. The molecule has 2 aromatic carbocycles. The van der Waals surface area contributed by atoms with Crippen LogP contribution in [0.1, 0.15) is 11.5 Å². The maximum atomic E-state index is 13.2. The Morgan fingerprint density at radius 1 is 1.07 bits per heavy atom. The lowest BCUT2D eigenvalue weighted by molar-refractivity contribution is 0.154. The summed E-state index contributed by atoms with van der Waals surface area (Å²) >= 11 is 0. The Balaban J connectivity index is 1.69. The fraction of sp³-hybridized carbons (Fsp3) is 0.200. The monoisotopic (exact) mass is 397 g/mol. The van der Waals surface area contributed by atoms with E-state index in [0.717, 1.165) is 10.9 Å². The summed E-state index contributed by atoms with van der Waals surface area (Å²) in [6, 6.07) is 15.5. The average Bonchev–Trinajstić information content (AvgIpc) is 3.11. The number of amides is 1. The normalized spacial score (nSPS) is 19.8. The zero-order valence-corrected chi connectivity index (χ0v) is 15.7. The van der Waals surface area contributed by atoms with Gasteiger partial charge in [-0.2, -0.15) is 0 Å². The Hall–Kier alpha value is -2.97. The molecule has 2 atom stereocenters. The van der Waals surface area contributed by atoms with Crippen molar-refractivity contribution < 1.29 is 18.3 Å². The van der Waals surface area contributed by atoms with Crippen LogP contribution in [0.3, 0.4) is 0 Å². The number of carboxylic acid groups (broad SMARTS) is 1. The van der Waals surface area contributed by atoms with Crippen LogP contribution >= 0.6 is 0 Å². The molecule has 2 unspecified atom stereocenters. The molecular weight excluding hydrogens is 378 g/mol. The van der Waals surface area contributed by atoms with Crippen LogP contribution in [-0.2, 0) is 10.0 Å². The summed E-state index contributed by atoms with van der Waals surface area (Å²) in [7, 11) is -3.86. The van der Waals surface area contributed by atoms with E-state index in [9.17, 15) is 18.3 Å². The molecule has 1 saturated heterocycles. The highest BCUT2D eigenvalue weighted by Gasteiger charge is 2.38. The van der Waals surface area contributed by atoms with Crippen LogP contribution in [0.2, 0.25) is 0 Å². The van der Waals surface area contributed by atoms with Gasteiger partial charge in [0.2, 0.25) is 10.0 Å². The minimum atomic E-state index is -3.86. The SMILES string of the molecule is O=C(O)N1CC(NS(=O)(=O)c2cccc3cnccc23)C(c2ccccc2)C1. The van der Waals surface area contributed by atoms with E-state index in [2.05, 4.69) is 9.71 Å². The lowest BCUT2D eigenvalue weighted by Crippen LogP contribution is -2.40. The third kappa shape index (κ3) is 3.44. The topological polar surface area (TPSA) is 99.6 Å². The highest BCUT2D eigenvalue weighted by Crippen LogP contribution is 2.30. The van der Waals surface area contributed by atoms with Crippen molar-refractivity contribution in [3.63, 3.8) is 0 Å². The minimum Gasteiger partial charge on any atom is -0.465 e. The van der Waals surface area contributed by atoms with Gasteiger partial charge in [-0.05, 0) is 17.7 Å². The predicted molar refractivity (Wildman–Crippen MR) is 105 cm³/mol. The first-order chi connectivity index (χ1) is 13.5. The van der Waals surface area contributed by atoms with Crippen molar-refractivity contribution in [1.29, 1.82) is 0 Å². The van der Waals surface area contributed by atoms with Crippen molar-refractivity contribution in [2.75, 3.05) is 13.1 Å². The number of hydrogen-bond acceptors (Lipinski definition) is 4. The zero-order valence-electron chi connectivity index (χ0n) is 14.9. The number of rotatable bonds is 4. The molecule has 3 aromatic rings. The summed E-state index contributed by atoms with van der Waals surface area (Å²) in [6.07, 6.45) is 2.11. The minimum absolute atomic E-state index is 0.0977. The van der Waals surface area contributed by atoms with E-state index in [0.29, 0.717) is 5.39 Å². The van der Waals surface area contributed by atoms with Crippen LogP contribution < -0.4 is 4.72 Å². The first-order valence-electron chi connectivity index (χ1n) is 8.83. The number of aromatic nitrogens is 1. The molecule has 144 valence electrons. The molecule has 1 amide bonds. The third-order valence-corrected chi connectivity index (χ3v) is 6.60. The van der Waals surface area contributed by atoms with Gasteiger partial charge in [-0.3, -0.25) is 4.98 Å². The number of nitrogens with zero attached hydrogens (tertiary/aromatic N) is 2. The molecule has 0 saturated carbocycles. The Morgan fingerprint density at radius 2 is 1.86 bits per heavy atom. The second-order valence-electron chi connectivity index (χ2n) is 6.79. The van der Waals surface area contributed by atoms with E-state index in [1.165, 1.54) is 4.90 Å². The molecule has 0 spiro atoms. The molecule has 0 bridgehead atoms. The highest BCUT2D eigenvalue weighted by atomic mass is 32.2. The van der Waals surface area contributed by atoms with E-state index in [4.69, 9.17) is 0 Å². The smallest absolute Gasteiger partial charge is 0.407 e. The van der Waals surface area contributed by atoms with Gasteiger partial charge in [-0.25, -0.2) is 17.9 Å². The van der Waals surface area contributed by atoms with Crippen LogP contribution in [0, 0.1) is 0 Å². The number of pyridine rings is 1. The maximum absolute atomic E-state index is 13.2. The van der Waals surface area contributed by atoms with E-state index in [-0.39, 0.29) is 23.9 Å². The number of sulfonamides is 1. The summed E-state index contributed by atoms with van der Waals surface area (Å²) in [5.74, 6) is -0.260. The van der Waals surface area contributed by atoms with Crippen molar-refractivity contribution in [1.82, 2.24) is 14.6 Å². The standard InChI is InChI=1S/C20H19N3O4S/c24-20(25)23-12-17(14-5-2-1-3-6-14)18(13-23)22-28(26,27)19-8-4-7-15-11-21-10-9-16(15)19/h1-11,17-18,22H,12-13H2,(H,24,25). The molecule has 1 aliphatic heterocycles. The molecule has 1 aromatic heterocycles. The molecule has 2 N–H and O–H groups in total. The molecule has 28 heavy (non-hydrogen) atoms. The van der Waals surface area contributed by atoms with Gasteiger partial charge >= 0.3 is 6.09 Å². The van der Waals surface area contributed by atoms with Crippen molar-refractivity contribution in [3.05, 3.63) is 72.6 Å². The summed E-state index contributed by atoms with van der Waals surface area (Å²) in [5.41, 5.74) is 0.904. The van der Waals surface area contributed by atoms with Gasteiger partial charge in [0, 0.05) is 48.2 Å². The molecule has 0 radical (unpaired) electrons. The van der Waals surface area contributed by atoms with Crippen molar-refractivity contribution in [2.24, 2.45) is 0 Å². The van der Waals surface area contributed by atoms with Crippen LogP contribution in [0.25, 0.3) is 10.8 Å². The number of likely N-dealkylation sites (tertiary alicyclic amines) is 1. The molecular formula is C20H19N3O4S. The van der Waals surface area contributed by atoms with Gasteiger partial charge in [0.25, 0.3) is 0 Å². The highest BCUT2D eigenvalue weighted by molar-refractivity contribution is 7.89. The number of hydrogen-bond donors (Lipinski definition) is 2. The van der Waals surface area contributed by atoms with Crippen molar-refractivity contribution >= 4 is 26.9 Å². The Bertz CT molecular complexity index is 1110. The number of nitrogens with one attached hydrogen (secondary N) is 1. The molecule has 8 heteroatoms. The van der Waals surface area contributed by atoms with Gasteiger partial charge in [-0.1, -0.05) is 42.5 Å². The van der Waals surface area contributed by atoms with Crippen molar-refractivity contribution in [2.45, 2.75) is 16.9 Å². The number of fused-ring (bicyclic) bond motifs is 1. The summed E-state index contributed by atoms with van der Waals surface area (Å²) in [6.45, 7) is 0.340. The summed E-state index contributed by atoms with van der Waals surface area (Å²) < 4.78 is 29.1. The molecule has 0 aliphatic carbocycles. The van der Waals surface area contributed by atoms with Crippen LogP contribution in [0.4, 0.5) is 4.79 Å². The number of carbonyl (C=O) groups is 1. The molecule has 2 heterocycles. The van der Waals surface area contributed by atoms with Gasteiger partial charge in [0.15, 0.2) is 0 Å². The van der Waals surface area contributed by atoms with Crippen LogP contribution in [0.5, 0.6) is 0 Å². The second kappa shape index (κ2) is 7.21. The summed E-state index contributed by atoms with van der Waals surface area (Å²) in [5, 5.41) is 10.7. The maximum Gasteiger partial charge on any atom is 0.407 e. The van der Waals surface area contributed by atoms with E-state index in [1.54, 1.807) is 36.7 Å². The quantitative estimate of drug-likeness (QED) is 0.705. The van der Waals surface area contributed by atoms with E-state index < -0.39 is 22.2 Å². The zero-order chi connectivity index (χ0) is 19.7. The van der Waals surface area contributed by atoms with Gasteiger partial charge in [-0.15, -0.1) is 0 Å². The Kier molecular flexibility index (Phi) is 4.74. The molecule has 4 rings (SSSR count). The fourth-order valence-electron chi connectivity index (χ4n) is 3.71. The molecule has 1 aliphatic rings. The lowest BCUT2D eigenvalue weighted by atomic mass is 9.95. The van der Waals surface area contributed by atoms with Crippen LogP contribution in [-0.4, -0.2) is 48.6 Å². The lowest BCUT2D eigenvalue weighted by Gasteiger charge is -2.20. The van der Waals surface area contributed by atoms with Crippen LogP contribution in [0.15, 0.2) is 71.9 Å². The third-order valence-electron chi connectivity index (χ3n) is 5.05. The summed E-state index contributed by atoms with van der Waals surface area (Å²) in [4.78, 5) is 16.9. The largest absolute Gasteiger partial charge is 0.465 e. The molecule has 7 nitrogen and oxygen atoms in total. The van der Waals surface area contributed by atoms with Crippen molar-refractivity contribution in [3.8, 4) is 0 Å². The first-order valence-corrected chi connectivity index (χ1v) is 10.3. The van der Waals surface area contributed by atoms with E-state index in [1.807, 2.05) is 30.3 Å². The Morgan fingerprint density at radius 3 is 2.61 bits per heavy atom. The number of benzene rings is 2. The van der Waals surface area contributed by atoms with Gasteiger partial charge in [0.1, 0.15) is 0 Å². The molecule has 1 fully saturated rings. The predicted octanol–water partition coefficient (Wildman–Crippen LogP) is 2.66. The second-order valence-corrected chi connectivity index (χ2v) is 8.47. The average molecular weight is 397 g/mol. The van der Waals surface area contributed by atoms with Gasteiger partial charge in [0.05, 0.1) is 4.90 Å². The Labute approximate surface area is 162 Å². The van der Waals surface area contributed by atoms with E-state index >= 15 is 0 Å². The first kappa shape index (κ1) is 18.4. The van der Waals surface area contributed by atoms with Gasteiger partial charge < -0.3 is 10.0 Å².